The third-order valence-electron chi connectivity index (χ3n) is 3.65. The molecule has 0 heterocycles. The van der Waals surface area contributed by atoms with Crippen molar-refractivity contribution in [3.8, 4) is 5.75 Å². The lowest BCUT2D eigenvalue weighted by Gasteiger charge is -2.18. The molecule has 0 unspecified atom stereocenters. The lowest BCUT2D eigenvalue weighted by Crippen LogP contribution is -2.31. The zero-order valence-corrected chi connectivity index (χ0v) is 14.7. The normalized spacial score (nSPS) is 14.3. The average molecular weight is 321 g/mol. The number of hydrogen-bond acceptors (Lipinski definition) is 3. The number of amides is 1. The maximum absolute atomic E-state index is 11.8. The highest BCUT2D eigenvalue weighted by Crippen LogP contribution is 2.25. The summed E-state index contributed by atoms with van der Waals surface area (Å²) in [4.78, 5) is 11.8. The Morgan fingerprint density at radius 1 is 1.23 bits per heavy atom. The maximum Gasteiger partial charge on any atom is 0.257 e. The summed E-state index contributed by atoms with van der Waals surface area (Å²) in [5.41, 5.74) is 2.81. The molecule has 1 aromatic rings. The van der Waals surface area contributed by atoms with Gasteiger partial charge >= 0.3 is 0 Å². The quantitative estimate of drug-likeness (QED) is 0.814. The van der Waals surface area contributed by atoms with Crippen LogP contribution in [0, 0.1) is 0 Å². The van der Waals surface area contributed by atoms with E-state index in [1.54, 1.807) is 0 Å². The number of benzene rings is 1. The Balaban J connectivity index is 1.70. The molecule has 0 saturated heterocycles. The second-order valence-corrected chi connectivity index (χ2v) is 8.66. The van der Waals surface area contributed by atoms with Crippen LogP contribution in [0.4, 0.5) is 0 Å². The van der Waals surface area contributed by atoms with Crippen molar-refractivity contribution >= 4 is 17.7 Å². The summed E-state index contributed by atoms with van der Waals surface area (Å²) >= 11 is 1.85. The summed E-state index contributed by atoms with van der Waals surface area (Å²) < 4.78 is 5.85. The lowest BCUT2D eigenvalue weighted by molar-refractivity contribution is -0.122. The molecule has 3 nitrogen and oxygen atoms in total. The van der Waals surface area contributed by atoms with E-state index in [9.17, 15) is 4.79 Å². The molecule has 2 rings (SSSR count). The zero-order valence-electron chi connectivity index (χ0n) is 13.9. The molecule has 0 radical (unpaired) electrons. The number of rotatable bonds is 6. The minimum atomic E-state index is -0.0489. The smallest absolute Gasteiger partial charge is 0.257 e. The van der Waals surface area contributed by atoms with Gasteiger partial charge in [0.15, 0.2) is 6.61 Å². The number of ether oxygens (including phenoxy) is 1. The maximum atomic E-state index is 11.8. The molecule has 1 amide bonds. The molecule has 122 valence electrons. The Kier molecular flexibility index (Phi) is 6.18. The highest BCUT2D eigenvalue weighted by atomic mass is 32.2. The largest absolute Gasteiger partial charge is 0.484 e. The van der Waals surface area contributed by atoms with Gasteiger partial charge in [-0.2, -0.15) is 11.8 Å². The molecule has 0 bridgehead atoms. The molecular formula is C18H27NO2S. The SMILES string of the molecule is CC(C)(C)SCCNC(=O)COc1ccc2c(c1)CCCC2. The Labute approximate surface area is 138 Å². The van der Waals surface area contributed by atoms with Crippen LogP contribution in [-0.4, -0.2) is 29.6 Å². The van der Waals surface area contributed by atoms with Gasteiger partial charge in [-0.25, -0.2) is 0 Å². The van der Waals surface area contributed by atoms with Crippen LogP contribution in [-0.2, 0) is 17.6 Å². The van der Waals surface area contributed by atoms with E-state index >= 15 is 0 Å². The number of carbonyl (C=O) groups excluding carboxylic acids is 1. The molecule has 0 atom stereocenters. The van der Waals surface area contributed by atoms with Gasteiger partial charge in [0, 0.05) is 17.0 Å². The topological polar surface area (TPSA) is 38.3 Å². The summed E-state index contributed by atoms with van der Waals surface area (Å²) in [5, 5.41) is 2.90. The summed E-state index contributed by atoms with van der Waals surface area (Å²) in [5.74, 6) is 1.68. The van der Waals surface area contributed by atoms with Gasteiger partial charge in [-0.15, -0.1) is 0 Å². The summed E-state index contributed by atoms with van der Waals surface area (Å²) in [6.45, 7) is 7.32. The van der Waals surface area contributed by atoms with E-state index in [4.69, 9.17) is 4.74 Å². The number of aryl methyl sites for hydroxylation is 2. The molecule has 0 fully saturated rings. The van der Waals surface area contributed by atoms with Crippen LogP contribution < -0.4 is 10.1 Å². The molecule has 0 spiro atoms. The van der Waals surface area contributed by atoms with Crippen LogP contribution in [0.2, 0.25) is 0 Å². The number of carbonyl (C=O) groups is 1. The number of nitrogens with one attached hydrogen (secondary N) is 1. The minimum absolute atomic E-state index is 0.0489. The molecule has 1 N–H and O–H groups in total. The van der Waals surface area contributed by atoms with Crippen molar-refractivity contribution < 1.29 is 9.53 Å². The van der Waals surface area contributed by atoms with Crippen molar-refractivity contribution in [2.24, 2.45) is 0 Å². The molecule has 1 aliphatic carbocycles. The minimum Gasteiger partial charge on any atom is -0.484 e. The van der Waals surface area contributed by atoms with Crippen LogP contribution in [0.5, 0.6) is 5.75 Å². The Morgan fingerprint density at radius 2 is 1.95 bits per heavy atom. The van der Waals surface area contributed by atoms with Gasteiger partial charge in [0.1, 0.15) is 5.75 Å². The van der Waals surface area contributed by atoms with E-state index in [0.29, 0.717) is 6.54 Å². The van der Waals surface area contributed by atoms with Crippen molar-refractivity contribution in [2.45, 2.75) is 51.2 Å². The van der Waals surface area contributed by atoms with E-state index in [1.165, 1.54) is 30.4 Å². The highest BCUT2D eigenvalue weighted by Gasteiger charge is 2.12. The molecular weight excluding hydrogens is 294 g/mol. The summed E-state index contributed by atoms with van der Waals surface area (Å²) in [6, 6.07) is 6.21. The van der Waals surface area contributed by atoms with Gasteiger partial charge in [-0.1, -0.05) is 26.8 Å². The van der Waals surface area contributed by atoms with Crippen molar-refractivity contribution in [3.63, 3.8) is 0 Å². The monoisotopic (exact) mass is 321 g/mol. The van der Waals surface area contributed by atoms with Gasteiger partial charge in [0.2, 0.25) is 0 Å². The van der Waals surface area contributed by atoms with Crippen LogP contribution in [0.15, 0.2) is 18.2 Å². The zero-order chi connectivity index (χ0) is 16.0. The molecule has 22 heavy (non-hydrogen) atoms. The average Bonchev–Trinajstić information content (AvgIpc) is 2.48. The third kappa shape index (κ3) is 5.91. The fraction of sp³-hybridized carbons (Fsp3) is 0.611. The van der Waals surface area contributed by atoms with E-state index < -0.39 is 0 Å². The number of thioether (sulfide) groups is 1. The van der Waals surface area contributed by atoms with Gasteiger partial charge in [0.05, 0.1) is 0 Å². The molecule has 1 aromatic carbocycles. The molecule has 0 aromatic heterocycles. The van der Waals surface area contributed by atoms with Crippen molar-refractivity contribution in [3.05, 3.63) is 29.3 Å². The predicted octanol–water partition coefficient (Wildman–Crippen LogP) is 3.59. The fourth-order valence-corrected chi connectivity index (χ4v) is 3.36. The molecule has 1 aliphatic rings. The molecule has 0 saturated carbocycles. The van der Waals surface area contributed by atoms with Crippen molar-refractivity contribution in [1.29, 1.82) is 0 Å². The van der Waals surface area contributed by atoms with Gasteiger partial charge in [0.25, 0.3) is 5.91 Å². The van der Waals surface area contributed by atoms with E-state index in [0.717, 1.165) is 17.9 Å². The van der Waals surface area contributed by atoms with E-state index in [-0.39, 0.29) is 17.3 Å². The molecule has 0 aliphatic heterocycles. The predicted molar refractivity (Wildman–Crippen MR) is 93.8 cm³/mol. The van der Waals surface area contributed by atoms with E-state index in [1.807, 2.05) is 17.8 Å². The first-order valence-corrected chi connectivity index (χ1v) is 9.08. The van der Waals surface area contributed by atoms with Gasteiger partial charge < -0.3 is 10.1 Å². The van der Waals surface area contributed by atoms with Crippen LogP contribution >= 0.6 is 11.8 Å². The first-order chi connectivity index (χ1) is 10.4. The molecule has 4 heteroatoms. The third-order valence-corrected chi connectivity index (χ3v) is 4.92. The highest BCUT2D eigenvalue weighted by molar-refractivity contribution is 8.00. The Hall–Kier alpha value is -1.16. The standard InChI is InChI=1S/C18H27NO2S/c1-18(2,3)22-11-10-19-17(20)13-21-16-9-8-14-6-4-5-7-15(14)12-16/h8-9,12H,4-7,10-11,13H2,1-3H3,(H,19,20). The first kappa shape index (κ1) is 17.2. The first-order valence-electron chi connectivity index (χ1n) is 8.09. The van der Waals surface area contributed by atoms with Gasteiger partial charge in [-0.3, -0.25) is 4.79 Å². The van der Waals surface area contributed by atoms with Crippen LogP contribution in [0.3, 0.4) is 0 Å². The second-order valence-electron chi connectivity index (χ2n) is 6.74. The Morgan fingerprint density at radius 3 is 2.68 bits per heavy atom. The second kappa shape index (κ2) is 7.91. The summed E-state index contributed by atoms with van der Waals surface area (Å²) in [7, 11) is 0. The van der Waals surface area contributed by atoms with Crippen molar-refractivity contribution in [1.82, 2.24) is 5.32 Å². The van der Waals surface area contributed by atoms with E-state index in [2.05, 4.69) is 38.2 Å². The number of hydrogen-bond donors (Lipinski definition) is 1. The lowest BCUT2D eigenvalue weighted by atomic mass is 9.92. The van der Waals surface area contributed by atoms with Crippen LogP contribution in [0.1, 0.15) is 44.7 Å². The summed E-state index contributed by atoms with van der Waals surface area (Å²) in [6.07, 6.45) is 4.83. The van der Waals surface area contributed by atoms with Gasteiger partial charge in [-0.05, 0) is 48.9 Å². The number of fused-ring (bicyclic) bond motifs is 1. The Bertz CT molecular complexity index is 508. The van der Waals surface area contributed by atoms with Crippen molar-refractivity contribution in [2.75, 3.05) is 18.9 Å². The fourth-order valence-electron chi connectivity index (χ4n) is 2.55. The van der Waals surface area contributed by atoms with Crippen LogP contribution in [0.25, 0.3) is 0 Å².